The van der Waals surface area contributed by atoms with E-state index >= 15 is 0 Å². The van der Waals surface area contributed by atoms with Gasteiger partial charge in [0.2, 0.25) is 0 Å². The SMILES string of the molecule is CC(C)[C]1([Pt]([CH3])([CH3])[CH3])C=CC=C1. The molecule has 0 spiro atoms. The van der Waals surface area contributed by atoms with Crippen molar-refractivity contribution in [1.82, 2.24) is 0 Å². The summed E-state index contributed by atoms with van der Waals surface area (Å²) in [7, 11) is 0. The molecule has 1 rings (SSSR count). The van der Waals surface area contributed by atoms with Gasteiger partial charge < -0.3 is 0 Å². The second kappa shape index (κ2) is 3.14. The van der Waals surface area contributed by atoms with E-state index < -0.39 is 16.1 Å². The zero-order chi connectivity index (χ0) is 9.41. The Balaban J connectivity index is 3.05. The predicted octanol–water partition coefficient (Wildman–Crippen LogP) is 4.23. The summed E-state index contributed by atoms with van der Waals surface area (Å²) >= 11 is -1.54. The van der Waals surface area contributed by atoms with Gasteiger partial charge in [-0.25, -0.2) is 0 Å². The maximum atomic E-state index is 2.49. The standard InChI is InChI=1S/C8H11.3CH3.Pt/c1-7(2)8-5-3-4-6-8;;;;/h3-7H,1-2H3;3*1H3;. The molecule has 0 saturated carbocycles. The first-order valence-corrected chi connectivity index (χ1v) is 12.1. The van der Waals surface area contributed by atoms with Crippen molar-refractivity contribution < 1.29 is 16.1 Å². The normalized spacial score (nSPS) is 22.2. The van der Waals surface area contributed by atoms with Crippen LogP contribution in [0.2, 0.25) is 19.7 Å². The van der Waals surface area contributed by atoms with Crippen LogP contribution in [0.5, 0.6) is 0 Å². The van der Waals surface area contributed by atoms with Crippen LogP contribution in [0, 0.1) is 5.92 Å². The molecular formula is C11H20Pt. The second-order valence-corrected chi connectivity index (χ2v) is 16.3. The third-order valence-corrected chi connectivity index (χ3v) is 10.4. The van der Waals surface area contributed by atoms with Crippen molar-refractivity contribution >= 4 is 0 Å². The molecule has 0 bridgehead atoms. The van der Waals surface area contributed by atoms with Gasteiger partial charge in [-0.15, -0.1) is 0 Å². The van der Waals surface area contributed by atoms with Crippen LogP contribution in [0.4, 0.5) is 0 Å². The van der Waals surface area contributed by atoms with E-state index in [2.05, 4.69) is 54.1 Å². The zero-order valence-corrected chi connectivity index (χ0v) is 11.0. The minimum atomic E-state index is -1.54. The first-order valence-electron chi connectivity index (χ1n) is 4.13. The summed E-state index contributed by atoms with van der Waals surface area (Å²) in [5.41, 5.74) is 0. The van der Waals surface area contributed by atoms with Crippen LogP contribution in [0.25, 0.3) is 0 Å². The Bertz CT molecular complexity index is 204. The molecule has 0 aromatic heterocycles. The van der Waals surface area contributed by atoms with Crippen molar-refractivity contribution in [3.05, 3.63) is 24.3 Å². The number of hydrogen-bond donors (Lipinski definition) is 0. The Morgan fingerprint density at radius 2 is 1.42 bits per heavy atom. The van der Waals surface area contributed by atoms with E-state index in [0.29, 0.717) is 3.80 Å². The Hall–Kier alpha value is 0.168. The molecule has 74 valence electrons. The molecular weight excluding hydrogens is 327 g/mol. The molecule has 0 saturated heterocycles. The Morgan fingerprint density at radius 1 is 1.00 bits per heavy atom. The van der Waals surface area contributed by atoms with E-state index in [9.17, 15) is 0 Å². The maximum absolute atomic E-state index is 2.49. The molecule has 0 N–H and O–H groups in total. The molecule has 0 fully saturated rings. The zero-order valence-electron chi connectivity index (χ0n) is 8.70. The van der Waals surface area contributed by atoms with Gasteiger partial charge in [-0.1, -0.05) is 0 Å². The molecule has 12 heavy (non-hydrogen) atoms. The van der Waals surface area contributed by atoms with Gasteiger partial charge in [0.1, 0.15) is 0 Å². The van der Waals surface area contributed by atoms with E-state index in [1.54, 1.807) is 0 Å². The Morgan fingerprint density at radius 3 is 1.58 bits per heavy atom. The Labute approximate surface area is 79.9 Å². The van der Waals surface area contributed by atoms with E-state index in [0.717, 1.165) is 5.92 Å². The molecule has 0 aromatic carbocycles. The molecule has 0 radical (unpaired) electrons. The van der Waals surface area contributed by atoms with Crippen LogP contribution in [-0.4, -0.2) is 0 Å². The van der Waals surface area contributed by atoms with Gasteiger partial charge in [0, 0.05) is 0 Å². The molecule has 0 aliphatic heterocycles. The van der Waals surface area contributed by atoms with Gasteiger partial charge in [-0.05, 0) is 0 Å². The fourth-order valence-electron chi connectivity index (χ4n) is 1.70. The summed E-state index contributed by atoms with van der Waals surface area (Å²) in [5, 5.41) is 7.48. The van der Waals surface area contributed by atoms with Gasteiger partial charge in [-0.2, -0.15) is 0 Å². The van der Waals surface area contributed by atoms with Crippen LogP contribution >= 0.6 is 0 Å². The number of allylic oxidation sites excluding steroid dienone is 4. The van der Waals surface area contributed by atoms with Crippen LogP contribution in [0.1, 0.15) is 13.8 Å². The van der Waals surface area contributed by atoms with Crippen molar-refractivity contribution in [2.45, 2.75) is 33.6 Å². The second-order valence-electron chi connectivity index (χ2n) is 4.07. The molecule has 0 heterocycles. The Kier molecular flexibility index (Phi) is 2.68. The van der Waals surface area contributed by atoms with Crippen molar-refractivity contribution in [2.75, 3.05) is 0 Å². The summed E-state index contributed by atoms with van der Waals surface area (Å²) in [5.74, 6) is 0.754. The topological polar surface area (TPSA) is 0 Å². The first-order chi connectivity index (χ1) is 5.40. The first kappa shape index (κ1) is 10.3. The van der Waals surface area contributed by atoms with Crippen molar-refractivity contribution in [1.29, 1.82) is 0 Å². The van der Waals surface area contributed by atoms with Crippen LogP contribution in [0.15, 0.2) is 24.3 Å². The van der Waals surface area contributed by atoms with E-state index in [-0.39, 0.29) is 0 Å². The van der Waals surface area contributed by atoms with Crippen molar-refractivity contribution in [2.24, 2.45) is 5.92 Å². The van der Waals surface area contributed by atoms with Crippen molar-refractivity contribution in [3.8, 4) is 0 Å². The minimum absolute atomic E-state index is 0.451. The fourth-order valence-corrected chi connectivity index (χ4v) is 8.34. The van der Waals surface area contributed by atoms with Gasteiger partial charge in [0.05, 0.1) is 0 Å². The molecule has 0 atom stereocenters. The van der Waals surface area contributed by atoms with E-state index in [4.69, 9.17) is 0 Å². The average Bonchev–Trinajstić information content (AvgIpc) is 2.31. The fraction of sp³-hybridized carbons (Fsp3) is 0.636. The van der Waals surface area contributed by atoms with Gasteiger partial charge >= 0.3 is 79.9 Å². The third-order valence-electron chi connectivity index (χ3n) is 2.46. The summed E-state index contributed by atoms with van der Waals surface area (Å²) in [6.45, 7) is 4.68. The molecule has 0 aromatic rings. The quantitative estimate of drug-likeness (QED) is 0.701. The molecule has 1 aliphatic rings. The summed E-state index contributed by atoms with van der Waals surface area (Å²) in [4.78, 5) is 0. The van der Waals surface area contributed by atoms with Crippen LogP contribution < -0.4 is 0 Å². The number of hydrogen-bond acceptors (Lipinski definition) is 0. The van der Waals surface area contributed by atoms with E-state index in [1.807, 2.05) is 0 Å². The predicted molar refractivity (Wildman–Crippen MR) is 53.4 cm³/mol. The molecule has 1 heteroatoms. The molecule has 0 unspecified atom stereocenters. The summed E-state index contributed by atoms with van der Waals surface area (Å²) in [6.07, 6.45) is 9.28. The molecule has 1 aliphatic carbocycles. The average molecular weight is 347 g/mol. The van der Waals surface area contributed by atoms with Crippen LogP contribution in [-0.2, 0) is 16.1 Å². The van der Waals surface area contributed by atoms with Gasteiger partial charge in [0.15, 0.2) is 0 Å². The molecule has 0 nitrogen and oxygen atoms in total. The molecule has 0 amide bonds. The number of rotatable bonds is 2. The van der Waals surface area contributed by atoms with E-state index in [1.165, 1.54) is 0 Å². The van der Waals surface area contributed by atoms with Crippen molar-refractivity contribution in [3.63, 3.8) is 0 Å². The van der Waals surface area contributed by atoms with Crippen LogP contribution in [0.3, 0.4) is 0 Å². The summed E-state index contributed by atoms with van der Waals surface area (Å²) in [6, 6.07) is 0. The monoisotopic (exact) mass is 347 g/mol. The summed E-state index contributed by atoms with van der Waals surface area (Å²) < 4.78 is 0.451. The van der Waals surface area contributed by atoms with Gasteiger partial charge in [0.25, 0.3) is 0 Å². The van der Waals surface area contributed by atoms with Gasteiger partial charge in [-0.3, -0.25) is 0 Å². The third kappa shape index (κ3) is 1.46.